The second-order valence-corrected chi connectivity index (χ2v) is 5.45. The molecule has 1 fully saturated rings. The highest BCUT2D eigenvalue weighted by Crippen LogP contribution is 2.29. The number of amides is 1. The minimum absolute atomic E-state index is 0.0203. The van der Waals surface area contributed by atoms with E-state index in [9.17, 15) is 9.59 Å². The van der Waals surface area contributed by atoms with Gasteiger partial charge in [-0.15, -0.1) is 0 Å². The molecule has 1 aliphatic rings. The quantitative estimate of drug-likeness (QED) is 0.831. The first-order chi connectivity index (χ1) is 9.65. The Labute approximate surface area is 119 Å². The first-order valence-corrected chi connectivity index (χ1v) is 7.18. The van der Waals surface area contributed by atoms with Gasteiger partial charge in [-0.3, -0.25) is 9.59 Å². The first-order valence-electron chi connectivity index (χ1n) is 7.18. The van der Waals surface area contributed by atoms with Crippen LogP contribution in [0, 0.1) is 5.92 Å². The lowest BCUT2D eigenvalue weighted by molar-refractivity contribution is -0.145. The molecule has 0 aromatic heterocycles. The Hall–Kier alpha value is -1.84. The maximum absolute atomic E-state index is 12.2. The van der Waals surface area contributed by atoms with E-state index in [0.717, 1.165) is 18.4 Å². The first kappa shape index (κ1) is 14.6. The van der Waals surface area contributed by atoms with Crippen molar-refractivity contribution in [2.45, 2.75) is 32.1 Å². The molecule has 0 spiro atoms. The van der Waals surface area contributed by atoms with Crippen molar-refractivity contribution in [1.29, 1.82) is 0 Å². The van der Waals surface area contributed by atoms with E-state index in [4.69, 9.17) is 5.11 Å². The molecule has 0 bridgehead atoms. The topological polar surface area (TPSA) is 57.6 Å². The van der Waals surface area contributed by atoms with Gasteiger partial charge in [0, 0.05) is 13.0 Å². The molecule has 1 N–H and O–H groups in total. The fraction of sp³-hybridized carbons (Fsp3) is 0.500. The van der Waals surface area contributed by atoms with E-state index in [0.29, 0.717) is 25.3 Å². The van der Waals surface area contributed by atoms with Gasteiger partial charge < -0.3 is 10.0 Å². The largest absolute Gasteiger partial charge is 0.480 e. The van der Waals surface area contributed by atoms with Crippen LogP contribution in [0.15, 0.2) is 30.3 Å². The molecule has 0 saturated heterocycles. The Kier molecular flexibility index (Phi) is 5.16. The van der Waals surface area contributed by atoms with Crippen LogP contribution in [0.1, 0.15) is 31.2 Å². The number of benzene rings is 1. The summed E-state index contributed by atoms with van der Waals surface area (Å²) in [5.74, 6) is -0.497. The van der Waals surface area contributed by atoms with Crippen molar-refractivity contribution in [3.63, 3.8) is 0 Å². The molecule has 0 heterocycles. The summed E-state index contributed by atoms with van der Waals surface area (Å²) in [6.07, 6.45) is 4.60. The van der Waals surface area contributed by atoms with Crippen LogP contribution in [0.5, 0.6) is 0 Å². The van der Waals surface area contributed by atoms with E-state index in [1.54, 1.807) is 0 Å². The maximum Gasteiger partial charge on any atom is 0.323 e. The van der Waals surface area contributed by atoms with Gasteiger partial charge in [0.05, 0.1) is 0 Å². The van der Waals surface area contributed by atoms with Crippen molar-refractivity contribution in [1.82, 2.24) is 4.90 Å². The average Bonchev–Trinajstić information content (AvgIpc) is 2.39. The summed E-state index contributed by atoms with van der Waals surface area (Å²) in [6, 6.07) is 9.84. The summed E-state index contributed by atoms with van der Waals surface area (Å²) in [4.78, 5) is 24.5. The van der Waals surface area contributed by atoms with Crippen LogP contribution >= 0.6 is 0 Å². The summed E-state index contributed by atoms with van der Waals surface area (Å²) in [6.45, 7) is 0.278. The van der Waals surface area contributed by atoms with Crippen LogP contribution in [0.3, 0.4) is 0 Å². The molecule has 0 aliphatic heterocycles. The standard InChI is InChI=1S/C16H21NO3/c18-15(11-14-7-4-8-14)17(12-16(19)20)10-9-13-5-2-1-3-6-13/h1-3,5-6,14H,4,7-12H2,(H,19,20). The molecule has 1 aromatic carbocycles. The van der Waals surface area contributed by atoms with Crippen molar-refractivity contribution >= 4 is 11.9 Å². The Morgan fingerprint density at radius 3 is 2.45 bits per heavy atom. The third-order valence-electron chi connectivity index (χ3n) is 3.88. The normalized spacial score (nSPS) is 14.6. The van der Waals surface area contributed by atoms with Crippen LogP contribution in [0.2, 0.25) is 0 Å². The Bertz CT molecular complexity index is 454. The fourth-order valence-electron chi connectivity index (χ4n) is 2.44. The minimum Gasteiger partial charge on any atom is -0.480 e. The van der Waals surface area contributed by atoms with Crippen LogP contribution in [0.4, 0.5) is 0 Å². The number of hydrogen-bond acceptors (Lipinski definition) is 2. The number of hydrogen-bond donors (Lipinski definition) is 1. The second kappa shape index (κ2) is 7.08. The molecule has 2 rings (SSSR count). The molecular weight excluding hydrogens is 254 g/mol. The maximum atomic E-state index is 12.2. The molecule has 4 nitrogen and oxygen atoms in total. The minimum atomic E-state index is -0.944. The van der Waals surface area contributed by atoms with Crippen LogP contribution in [-0.2, 0) is 16.0 Å². The van der Waals surface area contributed by atoms with E-state index >= 15 is 0 Å². The monoisotopic (exact) mass is 275 g/mol. The Morgan fingerprint density at radius 1 is 1.20 bits per heavy atom. The van der Waals surface area contributed by atoms with Gasteiger partial charge in [0.2, 0.25) is 5.91 Å². The molecule has 1 saturated carbocycles. The third-order valence-corrected chi connectivity index (χ3v) is 3.88. The highest BCUT2D eigenvalue weighted by molar-refractivity contribution is 5.81. The van der Waals surface area contributed by atoms with Crippen molar-refractivity contribution < 1.29 is 14.7 Å². The second-order valence-electron chi connectivity index (χ2n) is 5.45. The number of carbonyl (C=O) groups excluding carboxylic acids is 1. The van der Waals surface area contributed by atoms with Crippen LogP contribution < -0.4 is 0 Å². The summed E-state index contributed by atoms with van der Waals surface area (Å²) in [5, 5.41) is 8.94. The highest BCUT2D eigenvalue weighted by atomic mass is 16.4. The predicted octanol–water partition coefficient (Wildman–Crippen LogP) is 2.33. The molecule has 4 heteroatoms. The lowest BCUT2D eigenvalue weighted by Crippen LogP contribution is -2.38. The van der Waals surface area contributed by atoms with E-state index in [1.807, 2.05) is 30.3 Å². The zero-order chi connectivity index (χ0) is 14.4. The number of carboxylic acid groups (broad SMARTS) is 1. The van der Waals surface area contributed by atoms with Gasteiger partial charge in [0.1, 0.15) is 6.54 Å². The number of aliphatic carboxylic acids is 1. The van der Waals surface area contributed by atoms with Crippen molar-refractivity contribution in [2.75, 3.05) is 13.1 Å². The number of nitrogens with zero attached hydrogens (tertiary/aromatic N) is 1. The van der Waals surface area contributed by atoms with E-state index < -0.39 is 5.97 Å². The molecule has 108 valence electrons. The average molecular weight is 275 g/mol. The smallest absolute Gasteiger partial charge is 0.323 e. The van der Waals surface area contributed by atoms with Gasteiger partial charge in [0.25, 0.3) is 0 Å². The lowest BCUT2D eigenvalue weighted by atomic mass is 9.82. The summed E-state index contributed by atoms with van der Waals surface area (Å²) >= 11 is 0. The number of carboxylic acids is 1. The Balaban J connectivity index is 1.88. The summed E-state index contributed by atoms with van der Waals surface area (Å²) in [5.41, 5.74) is 1.12. The van der Waals surface area contributed by atoms with E-state index in [2.05, 4.69) is 0 Å². The summed E-state index contributed by atoms with van der Waals surface area (Å²) < 4.78 is 0. The molecule has 0 radical (unpaired) electrons. The zero-order valence-electron chi connectivity index (χ0n) is 11.6. The third kappa shape index (κ3) is 4.37. The van der Waals surface area contributed by atoms with Gasteiger partial charge in [0.15, 0.2) is 0 Å². The highest BCUT2D eigenvalue weighted by Gasteiger charge is 2.24. The molecule has 0 atom stereocenters. The lowest BCUT2D eigenvalue weighted by Gasteiger charge is -2.28. The van der Waals surface area contributed by atoms with Crippen LogP contribution in [-0.4, -0.2) is 35.0 Å². The van der Waals surface area contributed by atoms with Gasteiger partial charge in [-0.1, -0.05) is 36.8 Å². The molecular formula is C16H21NO3. The van der Waals surface area contributed by atoms with E-state index in [-0.39, 0.29) is 12.5 Å². The number of rotatable bonds is 7. The van der Waals surface area contributed by atoms with Crippen molar-refractivity contribution in [2.24, 2.45) is 5.92 Å². The van der Waals surface area contributed by atoms with Gasteiger partial charge in [-0.2, -0.15) is 0 Å². The SMILES string of the molecule is O=C(O)CN(CCc1ccccc1)C(=O)CC1CCC1. The van der Waals surface area contributed by atoms with Gasteiger partial charge >= 0.3 is 5.97 Å². The van der Waals surface area contributed by atoms with Gasteiger partial charge in [-0.25, -0.2) is 0 Å². The number of carbonyl (C=O) groups is 2. The molecule has 20 heavy (non-hydrogen) atoms. The predicted molar refractivity (Wildman–Crippen MR) is 76.3 cm³/mol. The van der Waals surface area contributed by atoms with Gasteiger partial charge in [-0.05, 0) is 30.7 Å². The molecule has 0 unspecified atom stereocenters. The Morgan fingerprint density at radius 2 is 1.90 bits per heavy atom. The molecule has 1 aliphatic carbocycles. The van der Waals surface area contributed by atoms with E-state index in [1.165, 1.54) is 11.3 Å². The summed E-state index contributed by atoms with van der Waals surface area (Å²) in [7, 11) is 0. The van der Waals surface area contributed by atoms with Crippen molar-refractivity contribution in [3.8, 4) is 0 Å². The van der Waals surface area contributed by atoms with Crippen LogP contribution in [0.25, 0.3) is 0 Å². The van der Waals surface area contributed by atoms with Crippen molar-refractivity contribution in [3.05, 3.63) is 35.9 Å². The fourth-order valence-corrected chi connectivity index (χ4v) is 2.44. The zero-order valence-corrected chi connectivity index (χ0v) is 11.6. The molecule has 1 aromatic rings. The molecule has 1 amide bonds.